The number of nitrogens with zero attached hydrogens (tertiary/aromatic N) is 1. The number of carbonyl (C=O) groups excluding carboxylic acids is 1. The molecule has 0 aliphatic rings. The van der Waals surface area contributed by atoms with E-state index in [1.165, 1.54) is 12.3 Å². The molecule has 0 radical (unpaired) electrons. The van der Waals surface area contributed by atoms with Gasteiger partial charge in [-0.25, -0.2) is 9.78 Å². The number of halogens is 3. The SMILES string of the molecule is O=C(Nc1ccc(C(F)(F)F)cc1)c1cccc(-c2ccc3[nH]cc(C(=O)O)c3c2)n1. The van der Waals surface area contributed by atoms with Gasteiger partial charge < -0.3 is 15.4 Å². The highest BCUT2D eigenvalue weighted by Crippen LogP contribution is 2.30. The molecule has 1 amide bonds. The quantitative estimate of drug-likeness (QED) is 0.419. The third-order valence-electron chi connectivity index (χ3n) is 4.66. The molecule has 0 fully saturated rings. The molecular formula is C22H14F3N3O3. The minimum absolute atomic E-state index is 0.0602. The van der Waals surface area contributed by atoms with Crippen molar-refractivity contribution in [3.63, 3.8) is 0 Å². The molecule has 0 atom stereocenters. The summed E-state index contributed by atoms with van der Waals surface area (Å²) in [5.41, 5.74) is 1.27. The van der Waals surface area contributed by atoms with E-state index in [0.29, 0.717) is 22.2 Å². The summed E-state index contributed by atoms with van der Waals surface area (Å²) in [6.45, 7) is 0. The van der Waals surface area contributed by atoms with Gasteiger partial charge in [-0.3, -0.25) is 4.79 Å². The summed E-state index contributed by atoms with van der Waals surface area (Å²) in [6, 6.07) is 14.0. The molecular weight excluding hydrogens is 411 g/mol. The molecule has 0 saturated heterocycles. The number of aromatic amines is 1. The zero-order chi connectivity index (χ0) is 22.2. The number of H-pyrrole nitrogens is 1. The monoisotopic (exact) mass is 425 g/mol. The molecule has 3 N–H and O–H groups in total. The second kappa shape index (κ2) is 7.60. The Bertz CT molecular complexity index is 1290. The molecule has 0 bridgehead atoms. The van der Waals surface area contributed by atoms with Gasteiger partial charge in [0.15, 0.2) is 0 Å². The lowest BCUT2D eigenvalue weighted by atomic mass is 10.1. The lowest BCUT2D eigenvalue weighted by Gasteiger charge is -2.09. The number of rotatable bonds is 4. The first-order chi connectivity index (χ1) is 14.7. The van der Waals surface area contributed by atoms with Crippen molar-refractivity contribution in [2.45, 2.75) is 6.18 Å². The average molecular weight is 425 g/mol. The first-order valence-electron chi connectivity index (χ1n) is 9.03. The van der Waals surface area contributed by atoms with Crippen LogP contribution in [0.5, 0.6) is 0 Å². The van der Waals surface area contributed by atoms with Crippen LogP contribution in [0, 0.1) is 0 Å². The highest BCUT2D eigenvalue weighted by Gasteiger charge is 2.30. The van der Waals surface area contributed by atoms with Crippen molar-refractivity contribution in [2.75, 3.05) is 5.32 Å². The summed E-state index contributed by atoms with van der Waals surface area (Å²) in [5.74, 6) is -1.66. The van der Waals surface area contributed by atoms with Gasteiger partial charge in [0, 0.05) is 28.4 Å². The molecule has 0 unspecified atom stereocenters. The lowest BCUT2D eigenvalue weighted by Crippen LogP contribution is -2.14. The van der Waals surface area contributed by atoms with Gasteiger partial charge >= 0.3 is 12.1 Å². The maximum Gasteiger partial charge on any atom is 0.416 e. The Morgan fingerprint density at radius 2 is 1.74 bits per heavy atom. The predicted octanol–water partition coefficient (Wildman–Crippen LogP) is 5.20. The zero-order valence-corrected chi connectivity index (χ0v) is 15.7. The fourth-order valence-electron chi connectivity index (χ4n) is 3.12. The van der Waals surface area contributed by atoms with Gasteiger partial charge in [-0.15, -0.1) is 0 Å². The van der Waals surface area contributed by atoms with Crippen LogP contribution in [-0.4, -0.2) is 27.0 Å². The van der Waals surface area contributed by atoms with E-state index in [9.17, 15) is 27.9 Å². The number of alkyl halides is 3. The predicted molar refractivity (Wildman–Crippen MR) is 108 cm³/mol. The van der Waals surface area contributed by atoms with E-state index in [1.54, 1.807) is 30.3 Å². The number of fused-ring (bicyclic) bond motifs is 1. The number of hydrogen-bond donors (Lipinski definition) is 3. The van der Waals surface area contributed by atoms with Crippen LogP contribution in [0.2, 0.25) is 0 Å². The molecule has 4 aromatic rings. The van der Waals surface area contributed by atoms with E-state index in [1.807, 2.05) is 0 Å². The summed E-state index contributed by atoms with van der Waals surface area (Å²) in [6.07, 6.45) is -3.06. The van der Waals surface area contributed by atoms with Crippen molar-refractivity contribution in [2.24, 2.45) is 0 Å². The molecule has 4 rings (SSSR count). The normalized spacial score (nSPS) is 11.5. The Labute approximate surface area is 173 Å². The molecule has 156 valence electrons. The number of carbonyl (C=O) groups is 2. The second-order valence-electron chi connectivity index (χ2n) is 6.71. The highest BCUT2D eigenvalue weighted by molar-refractivity contribution is 6.05. The maximum absolute atomic E-state index is 12.7. The molecule has 2 aromatic heterocycles. The van der Waals surface area contributed by atoms with Gasteiger partial charge in [0.2, 0.25) is 0 Å². The number of aromatic carboxylic acids is 1. The summed E-state index contributed by atoms with van der Waals surface area (Å²) in [5, 5.41) is 12.3. The lowest BCUT2D eigenvalue weighted by molar-refractivity contribution is -0.137. The molecule has 9 heteroatoms. The van der Waals surface area contributed by atoms with Gasteiger partial charge in [-0.05, 0) is 48.5 Å². The number of hydrogen-bond acceptors (Lipinski definition) is 3. The van der Waals surface area contributed by atoms with Crippen LogP contribution in [0.4, 0.5) is 18.9 Å². The summed E-state index contributed by atoms with van der Waals surface area (Å²) in [7, 11) is 0. The first kappa shape index (κ1) is 20.1. The van der Waals surface area contributed by atoms with Gasteiger partial charge in [-0.2, -0.15) is 13.2 Å². The fourth-order valence-corrected chi connectivity index (χ4v) is 3.12. The van der Waals surface area contributed by atoms with Crippen molar-refractivity contribution in [3.05, 3.63) is 83.7 Å². The van der Waals surface area contributed by atoms with Crippen LogP contribution < -0.4 is 5.32 Å². The Morgan fingerprint density at radius 1 is 1.00 bits per heavy atom. The van der Waals surface area contributed by atoms with Crippen LogP contribution in [0.3, 0.4) is 0 Å². The molecule has 6 nitrogen and oxygen atoms in total. The third kappa shape index (κ3) is 4.11. The van der Waals surface area contributed by atoms with Crippen LogP contribution in [0.25, 0.3) is 22.2 Å². The fraction of sp³-hybridized carbons (Fsp3) is 0.0455. The van der Waals surface area contributed by atoms with Crippen LogP contribution in [0.1, 0.15) is 26.4 Å². The van der Waals surface area contributed by atoms with Gasteiger partial charge in [0.1, 0.15) is 5.69 Å². The molecule has 31 heavy (non-hydrogen) atoms. The van der Waals surface area contributed by atoms with Crippen molar-refractivity contribution < 1.29 is 27.9 Å². The van der Waals surface area contributed by atoms with E-state index in [0.717, 1.165) is 24.3 Å². The first-order valence-corrected chi connectivity index (χ1v) is 9.03. The highest BCUT2D eigenvalue weighted by atomic mass is 19.4. The van der Waals surface area contributed by atoms with Crippen molar-refractivity contribution in [1.82, 2.24) is 9.97 Å². The minimum Gasteiger partial charge on any atom is -0.478 e. The van der Waals surface area contributed by atoms with Crippen LogP contribution in [0.15, 0.2) is 66.9 Å². The minimum atomic E-state index is -4.46. The zero-order valence-electron chi connectivity index (χ0n) is 15.7. The van der Waals surface area contributed by atoms with Gasteiger partial charge in [0.05, 0.1) is 16.8 Å². The molecule has 0 saturated carbocycles. The Morgan fingerprint density at radius 3 is 2.42 bits per heavy atom. The van der Waals surface area contributed by atoms with Crippen molar-refractivity contribution in [1.29, 1.82) is 0 Å². The number of carboxylic acid groups (broad SMARTS) is 1. The number of nitrogens with one attached hydrogen (secondary N) is 2. The Hall–Kier alpha value is -4.14. The second-order valence-corrected chi connectivity index (χ2v) is 6.71. The van der Waals surface area contributed by atoms with E-state index < -0.39 is 23.6 Å². The largest absolute Gasteiger partial charge is 0.478 e. The summed E-state index contributed by atoms with van der Waals surface area (Å²) < 4.78 is 38.0. The summed E-state index contributed by atoms with van der Waals surface area (Å²) in [4.78, 5) is 31.1. The number of benzene rings is 2. The third-order valence-corrected chi connectivity index (χ3v) is 4.66. The number of pyridine rings is 1. The topological polar surface area (TPSA) is 95.1 Å². The number of amides is 1. The maximum atomic E-state index is 12.7. The smallest absolute Gasteiger partial charge is 0.416 e. The molecule has 0 spiro atoms. The van der Waals surface area contributed by atoms with E-state index in [2.05, 4.69) is 15.3 Å². The van der Waals surface area contributed by atoms with Gasteiger partial charge in [0.25, 0.3) is 5.91 Å². The standard InChI is InChI=1S/C22H14F3N3O3/c23-22(24,25)13-5-7-14(8-6-13)27-20(29)19-3-1-2-17(28-19)12-4-9-18-15(10-12)16(11-26-18)21(30)31/h1-11,26H,(H,27,29)(H,30,31). The summed E-state index contributed by atoms with van der Waals surface area (Å²) >= 11 is 0. The van der Waals surface area contributed by atoms with Crippen LogP contribution >= 0.6 is 0 Å². The van der Waals surface area contributed by atoms with Crippen LogP contribution in [-0.2, 0) is 6.18 Å². The average Bonchev–Trinajstić information content (AvgIpc) is 3.17. The number of aromatic nitrogens is 2. The van der Waals surface area contributed by atoms with E-state index in [-0.39, 0.29) is 16.9 Å². The van der Waals surface area contributed by atoms with Crippen molar-refractivity contribution in [3.8, 4) is 11.3 Å². The van der Waals surface area contributed by atoms with Gasteiger partial charge in [-0.1, -0.05) is 12.1 Å². The molecule has 0 aliphatic carbocycles. The number of carboxylic acids is 1. The molecule has 2 aromatic carbocycles. The number of anilines is 1. The molecule has 0 aliphatic heterocycles. The molecule has 2 heterocycles. The Balaban J connectivity index is 1.59. The van der Waals surface area contributed by atoms with Crippen molar-refractivity contribution >= 4 is 28.5 Å². The van der Waals surface area contributed by atoms with E-state index >= 15 is 0 Å². The van der Waals surface area contributed by atoms with E-state index in [4.69, 9.17) is 0 Å². The Kier molecular flexibility index (Phi) is 4.94.